The Labute approximate surface area is 308 Å². The van der Waals surface area contributed by atoms with Gasteiger partial charge in [-0.05, 0) is 150 Å². The number of piperazine rings is 1. The number of allylic oxidation sites excluding steroid dienone is 5. The summed E-state index contributed by atoms with van der Waals surface area (Å²) in [6.07, 6.45) is 12.5. The lowest BCUT2D eigenvalue weighted by Gasteiger charge is -2.38. The number of benzene rings is 2. The van der Waals surface area contributed by atoms with E-state index < -0.39 is 0 Å². The van der Waals surface area contributed by atoms with E-state index in [1.807, 2.05) is 32.1 Å². The lowest BCUT2D eigenvalue weighted by molar-refractivity contribution is 0.101. The van der Waals surface area contributed by atoms with Crippen LogP contribution < -0.4 is 4.90 Å². The van der Waals surface area contributed by atoms with E-state index in [4.69, 9.17) is 0 Å². The molecule has 0 radical (unpaired) electrons. The third-order valence-electron chi connectivity index (χ3n) is 11.5. The summed E-state index contributed by atoms with van der Waals surface area (Å²) in [5.41, 5.74) is 9.67. The number of unbranched alkanes of at least 4 members (excludes halogenated alkanes) is 1. The molecule has 2 aliphatic rings. The zero-order chi connectivity index (χ0) is 37.1. The molecular weight excluding hydrogens is 634 g/mol. The largest absolute Gasteiger partial charge is 0.369 e. The highest BCUT2D eigenvalue weighted by molar-refractivity contribution is 6.02. The minimum Gasteiger partial charge on any atom is -0.369 e. The van der Waals surface area contributed by atoms with Gasteiger partial charge in [-0.25, -0.2) is 4.39 Å². The average Bonchev–Trinajstić information content (AvgIpc) is 3.14. The number of carbonyl (C=O) groups is 2. The van der Waals surface area contributed by atoms with Crippen molar-refractivity contribution in [2.75, 3.05) is 50.7 Å². The van der Waals surface area contributed by atoms with Crippen molar-refractivity contribution in [3.05, 3.63) is 87.8 Å². The second kappa shape index (κ2) is 19.5. The lowest BCUT2D eigenvalue weighted by atomic mass is 9.85. The summed E-state index contributed by atoms with van der Waals surface area (Å²) in [4.78, 5) is 30.5. The molecule has 0 spiro atoms. The second-order valence-electron chi connectivity index (χ2n) is 15.1. The monoisotopic (exact) mass is 697 g/mol. The van der Waals surface area contributed by atoms with Gasteiger partial charge in [0.2, 0.25) is 0 Å². The van der Waals surface area contributed by atoms with Crippen LogP contribution >= 0.6 is 0 Å². The number of aryl methyl sites for hydroxylation is 1. The van der Waals surface area contributed by atoms with E-state index in [0.717, 1.165) is 94.6 Å². The molecule has 2 aromatic rings. The number of nitrogens with zero attached hydrogens (tertiary/aromatic N) is 3. The van der Waals surface area contributed by atoms with Crippen LogP contribution in [0.2, 0.25) is 0 Å². The number of hydrogen-bond acceptors (Lipinski definition) is 5. The molecule has 0 bridgehead atoms. The maximum absolute atomic E-state index is 15.9. The summed E-state index contributed by atoms with van der Waals surface area (Å²) in [5.74, 6) is 1.05. The molecule has 278 valence electrons. The van der Waals surface area contributed by atoms with Crippen LogP contribution in [0, 0.1) is 18.8 Å². The first-order chi connectivity index (χ1) is 24.5. The van der Waals surface area contributed by atoms with Crippen molar-refractivity contribution in [2.24, 2.45) is 11.8 Å². The maximum atomic E-state index is 15.9. The molecule has 1 unspecified atom stereocenters. The van der Waals surface area contributed by atoms with Crippen molar-refractivity contribution in [2.45, 2.75) is 106 Å². The first kappa shape index (κ1) is 40.4. The van der Waals surface area contributed by atoms with Crippen molar-refractivity contribution < 1.29 is 14.0 Å². The number of rotatable bonds is 16. The summed E-state index contributed by atoms with van der Waals surface area (Å²) in [6, 6.07) is 12.1. The number of halogens is 1. The van der Waals surface area contributed by atoms with Gasteiger partial charge in [0.1, 0.15) is 5.83 Å². The quantitative estimate of drug-likeness (QED) is 0.0992. The van der Waals surface area contributed by atoms with Gasteiger partial charge in [-0.15, -0.1) is 0 Å². The van der Waals surface area contributed by atoms with Gasteiger partial charge in [0.05, 0.1) is 6.04 Å². The predicted molar refractivity (Wildman–Crippen MR) is 214 cm³/mol. The smallest absolute Gasteiger partial charge is 0.160 e. The molecule has 6 heteroatoms. The minimum absolute atomic E-state index is 0.0612. The van der Waals surface area contributed by atoms with Crippen LogP contribution in [0.15, 0.2) is 60.0 Å². The van der Waals surface area contributed by atoms with Crippen LogP contribution in [0.5, 0.6) is 0 Å². The van der Waals surface area contributed by atoms with Gasteiger partial charge in [0.15, 0.2) is 12.1 Å². The minimum atomic E-state index is -0.236. The van der Waals surface area contributed by atoms with E-state index in [9.17, 15) is 9.59 Å². The predicted octanol–water partition coefficient (Wildman–Crippen LogP) is 10.6. The maximum Gasteiger partial charge on any atom is 0.160 e. The molecule has 2 aromatic carbocycles. The topological polar surface area (TPSA) is 43.9 Å². The molecule has 51 heavy (non-hydrogen) atoms. The molecule has 5 nitrogen and oxygen atoms in total. The Hall–Kier alpha value is -3.35. The number of piperidine rings is 1. The number of Topliss-reactive ketones (excluding diaryl/α,β-unsaturated/α-hetero) is 1. The Bertz CT molecular complexity index is 1570. The highest BCUT2D eigenvalue weighted by atomic mass is 19.1. The molecule has 0 saturated carbocycles. The highest BCUT2D eigenvalue weighted by Gasteiger charge is 2.26. The van der Waals surface area contributed by atoms with Gasteiger partial charge in [-0.2, -0.15) is 0 Å². The molecule has 0 aromatic heterocycles. The van der Waals surface area contributed by atoms with Crippen LogP contribution in [0.3, 0.4) is 0 Å². The second-order valence-corrected chi connectivity index (χ2v) is 15.1. The first-order valence-corrected chi connectivity index (χ1v) is 19.7. The fourth-order valence-electron chi connectivity index (χ4n) is 8.14. The Kier molecular flexibility index (Phi) is 15.4. The summed E-state index contributed by atoms with van der Waals surface area (Å²) in [5, 5.41) is 0. The Morgan fingerprint density at radius 2 is 1.65 bits per heavy atom. The van der Waals surface area contributed by atoms with Crippen LogP contribution in [0.25, 0.3) is 11.1 Å². The van der Waals surface area contributed by atoms with Crippen molar-refractivity contribution in [3.8, 4) is 0 Å². The summed E-state index contributed by atoms with van der Waals surface area (Å²) in [7, 11) is 0. The number of hydrogen-bond donors (Lipinski definition) is 0. The standard InChI is InChI=1S/C45H64FN3O2/c1-9-12-13-44(41(11-3)32(4)5)42-16-14-38(28-33(42)6)37(10-2)30-45(46)34(7)48-22-19-36(20-23-48)18-21-47-24-26-49(27-25-47)40-15-17-43(35(8)51)39(29-40)31-50/h10,14-17,28-32,34,36H,9,11-13,18-27H2,1-8H3/b37-10+,44-41-,45-30+. The van der Waals surface area contributed by atoms with Crippen molar-refractivity contribution in [1.82, 2.24) is 9.80 Å². The van der Waals surface area contributed by atoms with E-state index in [1.54, 1.807) is 17.7 Å². The molecule has 2 heterocycles. The van der Waals surface area contributed by atoms with Crippen LogP contribution in [0.4, 0.5) is 10.1 Å². The fourth-order valence-corrected chi connectivity index (χ4v) is 8.14. The van der Waals surface area contributed by atoms with Crippen molar-refractivity contribution in [3.63, 3.8) is 0 Å². The number of likely N-dealkylation sites (tertiary alicyclic amines) is 1. The molecule has 0 amide bonds. The van der Waals surface area contributed by atoms with E-state index >= 15 is 4.39 Å². The van der Waals surface area contributed by atoms with Gasteiger partial charge in [0.25, 0.3) is 0 Å². The number of aldehydes is 1. The van der Waals surface area contributed by atoms with Crippen LogP contribution in [0.1, 0.15) is 131 Å². The van der Waals surface area contributed by atoms with Gasteiger partial charge < -0.3 is 4.90 Å². The summed E-state index contributed by atoms with van der Waals surface area (Å²) < 4.78 is 15.9. The normalized spacial score (nSPS) is 18.3. The molecule has 0 N–H and O–H groups in total. The van der Waals surface area contributed by atoms with Gasteiger partial charge in [0, 0.05) is 43.0 Å². The lowest BCUT2D eigenvalue weighted by Crippen LogP contribution is -2.47. The number of anilines is 1. The van der Waals surface area contributed by atoms with Crippen molar-refractivity contribution >= 4 is 28.9 Å². The first-order valence-electron chi connectivity index (χ1n) is 19.7. The average molecular weight is 698 g/mol. The molecule has 2 saturated heterocycles. The van der Waals surface area contributed by atoms with E-state index in [-0.39, 0.29) is 17.7 Å². The van der Waals surface area contributed by atoms with Crippen LogP contribution in [-0.2, 0) is 0 Å². The van der Waals surface area contributed by atoms with E-state index in [1.165, 1.54) is 42.9 Å². The molecule has 2 aliphatic heterocycles. The Morgan fingerprint density at radius 3 is 2.22 bits per heavy atom. The van der Waals surface area contributed by atoms with Crippen LogP contribution in [-0.4, -0.2) is 73.7 Å². The highest BCUT2D eigenvalue weighted by Crippen LogP contribution is 2.34. The summed E-state index contributed by atoms with van der Waals surface area (Å²) >= 11 is 0. The third kappa shape index (κ3) is 10.6. The molecule has 0 aliphatic carbocycles. The fraction of sp³-hybridized carbons (Fsp3) is 0.556. The van der Waals surface area contributed by atoms with Gasteiger partial charge in [-0.3, -0.25) is 19.4 Å². The molecule has 4 rings (SSSR count). The third-order valence-corrected chi connectivity index (χ3v) is 11.5. The van der Waals surface area contributed by atoms with E-state index in [2.05, 4.69) is 67.5 Å². The number of ketones is 1. The Morgan fingerprint density at radius 1 is 0.961 bits per heavy atom. The zero-order valence-corrected chi connectivity index (χ0v) is 32.9. The number of carbonyl (C=O) groups excluding carboxylic acids is 2. The SMILES string of the molecule is C/C=C(\C=C(\F)C(C)N1CCC(CCN2CCN(c3ccc(C(C)=O)c(C=O)c3)CC2)CC1)c1ccc(/C(CCCC)=C(/CC)C(C)C)c(C)c1. The molecular formula is C45H64FN3O2. The zero-order valence-electron chi connectivity index (χ0n) is 32.9. The molecule has 2 fully saturated rings. The van der Waals surface area contributed by atoms with Crippen molar-refractivity contribution in [1.29, 1.82) is 0 Å². The summed E-state index contributed by atoms with van der Waals surface area (Å²) in [6.45, 7) is 23.6. The van der Waals surface area contributed by atoms with Gasteiger partial charge in [-0.1, -0.05) is 64.0 Å². The van der Waals surface area contributed by atoms with E-state index in [0.29, 0.717) is 23.0 Å². The van der Waals surface area contributed by atoms with Gasteiger partial charge >= 0.3 is 0 Å². The Balaban J connectivity index is 1.28. The molecule has 1 atom stereocenters.